The normalized spacial score (nSPS) is 14.4. The van der Waals surface area contributed by atoms with Gasteiger partial charge in [0, 0.05) is 17.9 Å². The van der Waals surface area contributed by atoms with Gasteiger partial charge in [0.2, 0.25) is 15.9 Å². The second-order valence-electron chi connectivity index (χ2n) is 6.29. The van der Waals surface area contributed by atoms with Gasteiger partial charge in [-0.1, -0.05) is 6.07 Å². The lowest BCUT2D eigenvalue weighted by Crippen LogP contribution is -2.27. The van der Waals surface area contributed by atoms with Crippen LogP contribution in [0.3, 0.4) is 0 Å². The fourth-order valence-electron chi connectivity index (χ4n) is 2.84. The van der Waals surface area contributed by atoms with Gasteiger partial charge in [0.1, 0.15) is 13.2 Å². The number of rotatable bonds is 6. The van der Waals surface area contributed by atoms with Crippen molar-refractivity contribution in [3.63, 3.8) is 0 Å². The summed E-state index contributed by atoms with van der Waals surface area (Å²) in [7, 11) is -3.79. The van der Waals surface area contributed by atoms with Gasteiger partial charge >= 0.3 is 0 Å². The summed E-state index contributed by atoms with van der Waals surface area (Å²) in [5.74, 6) is 0.993. The molecule has 9 heteroatoms. The first-order chi connectivity index (χ1) is 13.3. The third-order valence-electron chi connectivity index (χ3n) is 4.19. The van der Waals surface area contributed by atoms with Gasteiger partial charge in [-0.2, -0.15) is 0 Å². The molecular weight excluding hydrogens is 400 g/mol. The maximum Gasteiger partial charge on any atom is 0.241 e. The Kier molecular flexibility index (Phi) is 6.17. The largest absolute Gasteiger partial charge is 0.486 e. The minimum Gasteiger partial charge on any atom is -0.486 e. The minimum absolute atomic E-state index is 0.0819. The number of sulfonamides is 1. The number of anilines is 1. The first-order valence-electron chi connectivity index (χ1n) is 8.67. The van der Waals surface area contributed by atoms with Gasteiger partial charge in [-0.25, -0.2) is 13.1 Å². The Bertz CT molecular complexity index is 992. The SMILES string of the molecule is CSc1ccc(S(=O)(=O)N[C@H](C)c2ccc3c(c2)OCCO3)cc1NC(C)=O. The van der Waals surface area contributed by atoms with E-state index in [4.69, 9.17) is 9.47 Å². The van der Waals surface area contributed by atoms with Crippen molar-refractivity contribution >= 4 is 33.4 Å². The Morgan fingerprint density at radius 2 is 1.82 bits per heavy atom. The van der Waals surface area contributed by atoms with Crippen LogP contribution in [0.1, 0.15) is 25.5 Å². The Morgan fingerprint density at radius 3 is 2.50 bits per heavy atom. The average Bonchev–Trinajstić information content (AvgIpc) is 2.66. The molecule has 1 aliphatic heterocycles. The number of hydrogen-bond acceptors (Lipinski definition) is 6. The zero-order chi connectivity index (χ0) is 20.3. The number of benzene rings is 2. The third-order valence-corrected chi connectivity index (χ3v) is 6.52. The molecule has 0 fully saturated rings. The quantitative estimate of drug-likeness (QED) is 0.695. The maximum absolute atomic E-state index is 12.9. The predicted octanol–water partition coefficient (Wildman–Crippen LogP) is 3.18. The summed E-state index contributed by atoms with van der Waals surface area (Å²) in [5, 5.41) is 2.67. The fourth-order valence-corrected chi connectivity index (χ4v) is 4.63. The standard InChI is InChI=1S/C19H22N2O5S2/c1-12(14-4-6-17-18(10-14)26-9-8-25-17)21-28(23,24)15-5-7-19(27-3)16(11-15)20-13(2)22/h4-7,10-12,21H,8-9H2,1-3H3,(H,20,22)/t12-/m1/s1. The van der Waals surface area contributed by atoms with E-state index in [1.807, 2.05) is 6.26 Å². The van der Waals surface area contributed by atoms with Crippen LogP contribution in [0, 0.1) is 0 Å². The number of nitrogens with one attached hydrogen (secondary N) is 2. The van der Waals surface area contributed by atoms with E-state index in [9.17, 15) is 13.2 Å². The summed E-state index contributed by atoms with van der Waals surface area (Å²) in [5.41, 5.74) is 1.23. The van der Waals surface area contributed by atoms with Crippen LogP contribution in [0.5, 0.6) is 11.5 Å². The highest BCUT2D eigenvalue weighted by atomic mass is 32.2. The molecule has 0 spiro atoms. The lowest BCUT2D eigenvalue weighted by atomic mass is 10.1. The van der Waals surface area contributed by atoms with E-state index in [1.54, 1.807) is 31.2 Å². The van der Waals surface area contributed by atoms with E-state index in [0.29, 0.717) is 30.4 Å². The number of carbonyl (C=O) groups is 1. The van der Waals surface area contributed by atoms with Gasteiger partial charge in [-0.15, -0.1) is 11.8 Å². The molecule has 2 aromatic carbocycles. The lowest BCUT2D eigenvalue weighted by Gasteiger charge is -2.21. The monoisotopic (exact) mass is 422 g/mol. The van der Waals surface area contributed by atoms with Crippen LogP contribution >= 0.6 is 11.8 Å². The highest BCUT2D eigenvalue weighted by Crippen LogP contribution is 2.33. The molecule has 150 valence electrons. The second-order valence-corrected chi connectivity index (χ2v) is 8.85. The Labute approximate surface area is 168 Å². The minimum atomic E-state index is -3.79. The number of fused-ring (bicyclic) bond motifs is 1. The van der Waals surface area contributed by atoms with Gasteiger partial charge in [0.25, 0.3) is 0 Å². The van der Waals surface area contributed by atoms with E-state index < -0.39 is 16.1 Å². The number of ether oxygens (including phenoxy) is 2. The molecule has 3 rings (SSSR count). The molecule has 2 aromatic rings. The van der Waals surface area contributed by atoms with Crippen molar-refractivity contribution in [2.45, 2.75) is 29.7 Å². The van der Waals surface area contributed by atoms with Crippen LogP contribution in [0.2, 0.25) is 0 Å². The third kappa shape index (κ3) is 4.60. The van der Waals surface area contributed by atoms with Crippen molar-refractivity contribution in [2.24, 2.45) is 0 Å². The summed E-state index contributed by atoms with van der Waals surface area (Å²) >= 11 is 1.42. The molecule has 0 aromatic heterocycles. The van der Waals surface area contributed by atoms with E-state index in [0.717, 1.165) is 10.5 Å². The van der Waals surface area contributed by atoms with Crippen LogP contribution < -0.4 is 19.5 Å². The molecule has 0 aliphatic carbocycles. The molecule has 0 saturated carbocycles. The van der Waals surface area contributed by atoms with Gasteiger partial charge < -0.3 is 14.8 Å². The molecule has 7 nitrogen and oxygen atoms in total. The molecule has 0 radical (unpaired) electrons. The maximum atomic E-state index is 12.9. The van der Waals surface area contributed by atoms with Crippen molar-refractivity contribution in [3.8, 4) is 11.5 Å². The lowest BCUT2D eigenvalue weighted by molar-refractivity contribution is -0.114. The van der Waals surface area contributed by atoms with E-state index in [2.05, 4.69) is 10.0 Å². The highest BCUT2D eigenvalue weighted by molar-refractivity contribution is 7.98. The number of hydrogen-bond donors (Lipinski definition) is 2. The molecule has 0 bridgehead atoms. The van der Waals surface area contributed by atoms with Crippen molar-refractivity contribution in [2.75, 3.05) is 24.8 Å². The van der Waals surface area contributed by atoms with Crippen molar-refractivity contribution in [1.29, 1.82) is 0 Å². The van der Waals surface area contributed by atoms with Crippen LogP contribution in [-0.2, 0) is 14.8 Å². The molecule has 2 N–H and O–H groups in total. The Morgan fingerprint density at radius 1 is 1.11 bits per heavy atom. The molecule has 1 amide bonds. The van der Waals surface area contributed by atoms with Crippen molar-refractivity contribution < 1.29 is 22.7 Å². The second kappa shape index (κ2) is 8.42. The molecule has 1 atom stereocenters. The first kappa shape index (κ1) is 20.5. The number of amides is 1. The molecule has 28 heavy (non-hydrogen) atoms. The topological polar surface area (TPSA) is 93.7 Å². The van der Waals surface area contributed by atoms with E-state index in [-0.39, 0.29) is 10.8 Å². The van der Waals surface area contributed by atoms with Gasteiger partial charge in [-0.3, -0.25) is 4.79 Å². The van der Waals surface area contributed by atoms with Gasteiger partial charge in [0.05, 0.1) is 10.6 Å². The summed E-state index contributed by atoms with van der Waals surface area (Å²) in [4.78, 5) is 12.3. The summed E-state index contributed by atoms with van der Waals surface area (Å²) in [6.07, 6.45) is 1.86. The van der Waals surface area contributed by atoms with Crippen molar-refractivity contribution in [3.05, 3.63) is 42.0 Å². The van der Waals surface area contributed by atoms with Crippen molar-refractivity contribution in [1.82, 2.24) is 4.72 Å². The molecule has 0 saturated heterocycles. The van der Waals surface area contributed by atoms with E-state index in [1.165, 1.54) is 30.8 Å². The zero-order valence-electron chi connectivity index (χ0n) is 15.8. The zero-order valence-corrected chi connectivity index (χ0v) is 17.4. The number of carbonyl (C=O) groups excluding carboxylic acids is 1. The Balaban J connectivity index is 1.84. The smallest absolute Gasteiger partial charge is 0.241 e. The van der Waals surface area contributed by atoms with Gasteiger partial charge in [-0.05, 0) is 49.1 Å². The highest BCUT2D eigenvalue weighted by Gasteiger charge is 2.21. The fraction of sp³-hybridized carbons (Fsp3) is 0.316. The Hall–Kier alpha value is -2.23. The van der Waals surface area contributed by atoms with Crippen LogP contribution in [0.15, 0.2) is 46.2 Å². The summed E-state index contributed by atoms with van der Waals surface area (Å²) in [6, 6.07) is 9.55. The van der Waals surface area contributed by atoms with Crippen LogP contribution in [0.4, 0.5) is 5.69 Å². The predicted molar refractivity (Wildman–Crippen MR) is 109 cm³/mol. The molecule has 1 aliphatic rings. The van der Waals surface area contributed by atoms with Crippen LogP contribution in [-0.4, -0.2) is 33.8 Å². The number of thioether (sulfide) groups is 1. The van der Waals surface area contributed by atoms with Crippen LogP contribution in [0.25, 0.3) is 0 Å². The first-order valence-corrected chi connectivity index (χ1v) is 11.4. The molecule has 1 heterocycles. The van der Waals surface area contributed by atoms with E-state index >= 15 is 0 Å². The molecule has 0 unspecified atom stereocenters. The molecular formula is C19H22N2O5S2. The summed E-state index contributed by atoms with van der Waals surface area (Å²) < 4.78 is 39.4. The average molecular weight is 423 g/mol. The van der Waals surface area contributed by atoms with Gasteiger partial charge in [0.15, 0.2) is 11.5 Å². The summed E-state index contributed by atoms with van der Waals surface area (Å²) in [6.45, 7) is 4.10.